The lowest BCUT2D eigenvalue weighted by atomic mass is 10.0. The first-order valence-electron chi connectivity index (χ1n) is 17.3. The molecule has 0 aliphatic carbocycles. The number of aromatic amines is 1. The number of aryl methyl sites for hydroxylation is 1. The fraction of sp³-hybridized carbons (Fsp3) is 0.543. The molecule has 0 spiro atoms. The van der Waals surface area contributed by atoms with Crippen LogP contribution in [-0.2, 0) is 22.4 Å². The lowest BCUT2D eigenvalue weighted by molar-refractivity contribution is -0.143. The monoisotopic (exact) mass is 659 g/mol. The summed E-state index contributed by atoms with van der Waals surface area (Å²) in [7, 11) is 0. The second kappa shape index (κ2) is 14.0. The molecule has 0 bridgehead atoms. The van der Waals surface area contributed by atoms with Gasteiger partial charge in [-0.25, -0.2) is 14.4 Å². The molecule has 0 saturated carbocycles. The summed E-state index contributed by atoms with van der Waals surface area (Å²) in [5, 5.41) is 6.46. The summed E-state index contributed by atoms with van der Waals surface area (Å²) in [4.78, 5) is 63.2. The van der Waals surface area contributed by atoms with Gasteiger partial charge in [0.2, 0.25) is 0 Å². The van der Waals surface area contributed by atoms with Crippen molar-refractivity contribution in [3.05, 3.63) is 63.6 Å². The molecule has 4 amide bonds. The average Bonchev–Trinajstić information content (AvgIpc) is 3.40. The minimum absolute atomic E-state index is 0.00254. The van der Waals surface area contributed by atoms with E-state index in [1.54, 1.807) is 11.0 Å². The van der Waals surface area contributed by atoms with E-state index in [0.717, 1.165) is 67.8 Å². The molecule has 0 unspecified atom stereocenters. The third-order valence-electron chi connectivity index (χ3n) is 10.5. The highest BCUT2D eigenvalue weighted by atomic mass is 16.6. The van der Waals surface area contributed by atoms with Crippen molar-refractivity contribution in [3.63, 3.8) is 0 Å². The Labute approximate surface area is 279 Å². The molecule has 3 aromatic rings. The minimum Gasteiger partial charge on any atom is -0.436 e. The second-order valence-electron chi connectivity index (χ2n) is 13.5. The van der Waals surface area contributed by atoms with E-state index in [-0.39, 0.29) is 24.4 Å². The number of rotatable bonds is 6. The number of carbonyl (C=O) groups is 3. The fourth-order valence-electron chi connectivity index (χ4n) is 7.78. The van der Waals surface area contributed by atoms with Gasteiger partial charge in [0.05, 0.1) is 5.52 Å². The van der Waals surface area contributed by atoms with Crippen molar-refractivity contribution in [1.82, 2.24) is 29.9 Å². The number of likely N-dealkylation sites (tertiary alicyclic amines) is 1. The van der Waals surface area contributed by atoms with Crippen molar-refractivity contribution in [2.75, 3.05) is 64.2 Å². The minimum atomic E-state index is -1.03. The van der Waals surface area contributed by atoms with Crippen LogP contribution >= 0.6 is 0 Å². The van der Waals surface area contributed by atoms with Gasteiger partial charge in [-0.3, -0.25) is 14.7 Å². The van der Waals surface area contributed by atoms with Crippen LogP contribution in [0.4, 0.5) is 15.3 Å². The van der Waals surface area contributed by atoms with E-state index < -0.39 is 18.0 Å². The number of H-pyrrole nitrogens is 1. The predicted molar refractivity (Wildman–Crippen MR) is 180 cm³/mol. The molecule has 48 heavy (non-hydrogen) atoms. The Morgan fingerprint density at radius 1 is 0.917 bits per heavy atom. The first-order valence-corrected chi connectivity index (χ1v) is 17.3. The Bertz CT molecular complexity index is 1700. The summed E-state index contributed by atoms with van der Waals surface area (Å²) in [6.45, 7) is 8.11. The number of hydrogen-bond donors (Lipinski definition) is 3. The SMILES string of the molecule is Cc1cc(C[C@@H](OC(=O)N2CCC(N3CCc4ccccc4NC3=O)CC2)C(=O)N2CCN(C3CCNCC3)CC2)cc2oc(=O)[nH]c12. The van der Waals surface area contributed by atoms with Crippen molar-refractivity contribution < 1.29 is 23.5 Å². The van der Waals surface area contributed by atoms with E-state index in [1.165, 1.54) is 0 Å². The Morgan fingerprint density at radius 3 is 2.44 bits per heavy atom. The number of nitrogens with one attached hydrogen (secondary N) is 3. The molecule has 3 N–H and O–H groups in total. The van der Waals surface area contributed by atoms with Gasteiger partial charge in [-0.05, 0) is 80.9 Å². The summed E-state index contributed by atoms with van der Waals surface area (Å²) in [5.41, 5.74) is 4.54. The number of benzene rings is 2. The van der Waals surface area contributed by atoms with Crippen molar-refractivity contribution in [1.29, 1.82) is 0 Å². The maximum absolute atomic E-state index is 14.0. The summed E-state index contributed by atoms with van der Waals surface area (Å²) in [6.07, 6.45) is 2.84. The van der Waals surface area contributed by atoms with E-state index >= 15 is 0 Å². The van der Waals surface area contributed by atoms with Gasteiger partial charge in [-0.2, -0.15) is 0 Å². The van der Waals surface area contributed by atoms with Crippen LogP contribution in [-0.4, -0.2) is 120 Å². The van der Waals surface area contributed by atoms with Crippen molar-refractivity contribution in [2.24, 2.45) is 0 Å². The van der Waals surface area contributed by atoms with Crippen LogP contribution < -0.4 is 16.4 Å². The van der Waals surface area contributed by atoms with Crippen LogP contribution in [0.5, 0.6) is 0 Å². The highest BCUT2D eigenvalue weighted by Crippen LogP contribution is 2.26. The topological polar surface area (TPSA) is 143 Å². The number of carbonyl (C=O) groups excluding carboxylic acids is 3. The summed E-state index contributed by atoms with van der Waals surface area (Å²) in [5.74, 6) is -0.751. The van der Waals surface area contributed by atoms with Crippen molar-refractivity contribution in [2.45, 2.75) is 63.6 Å². The first kappa shape index (κ1) is 32.2. The third-order valence-corrected chi connectivity index (χ3v) is 10.5. The first-order chi connectivity index (χ1) is 23.3. The van der Waals surface area contributed by atoms with Gasteiger partial charge in [0.25, 0.3) is 5.91 Å². The molecule has 3 saturated heterocycles. The number of urea groups is 1. The molecule has 4 aliphatic heterocycles. The molecule has 3 fully saturated rings. The van der Waals surface area contributed by atoms with Crippen LogP contribution in [0.2, 0.25) is 0 Å². The van der Waals surface area contributed by atoms with E-state index in [9.17, 15) is 19.2 Å². The molecule has 5 heterocycles. The van der Waals surface area contributed by atoms with Crippen LogP contribution in [0.15, 0.2) is 45.6 Å². The maximum atomic E-state index is 14.0. The van der Waals surface area contributed by atoms with Gasteiger partial charge in [-0.1, -0.05) is 24.3 Å². The Balaban J connectivity index is 1.01. The molecule has 1 aromatic heterocycles. The molecular formula is C35H45N7O6. The molecule has 2 aromatic carbocycles. The Hall–Kier alpha value is -4.36. The van der Waals surface area contributed by atoms with Gasteiger partial charge >= 0.3 is 17.9 Å². The van der Waals surface area contributed by atoms with E-state index in [1.807, 2.05) is 47.1 Å². The van der Waals surface area contributed by atoms with Crippen molar-refractivity contribution >= 4 is 34.8 Å². The van der Waals surface area contributed by atoms with E-state index in [2.05, 4.69) is 20.5 Å². The number of hydrogen-bond acceptors (Lipinski definition) is 8. The van der Waals surface area contributed by atoms with E-state index in [4.69, 9.17) is 9.15 Å². The number of nitrogens with zero attached hydrogens (tertiary/aromatic N) is 4. The number of ether oxygens (including phenoxy) is 1. The highest BCUT2D eigenvalue weighted by Gasteiger charge is 2.36. The molecule has 0 radical (unpaired) electrons. The zero-order chi connectivity index (χ0) is 33.2. The summed E-state index contributed by atoms with van der Waals surface area (Å²) >= 11 is 0. The Morgan fingerprint density at radius 2 is 1.67 bits per heavy atom. The van der Waals surface area contributed by atoms with Gasteiger partial charge in [0.1, 0.15) is 0 Å². The largest absolute Gasteiger partial charge is 0.436 e. The van der Waals surface area contributed by atoms with E-state index in [0.29, 0.717) is 62.7 Å². The van der Waals surface area contributed by atoms with Gasteiger partial charge in [0, 0.05) is 70.0 Å². The zero-order valence-corrected chi connectivity index (χ0v) is 27.5. The van der Waals surface area contributed by atoms with Crippen LogP contribution in [0, 0.1) is 6.92 Å². The Kier molecular flexibility index (Phi) is 9.40. The standard InChI is InChI=1S/C35H45N7O6/c1-23-20-24(21-29-31(23)38-34(45)47-29)22-30(32(43)40-18-16-39(17-19-40)26-6-11-36-12-7-26)48-35(46)41-13-9-27(10-14-41)42-15-8-25-4-2-3-5-28(25)37-33(42)44/h2-5,20-21,26-27,30,36H,6-19,22H2,1H3,(H,37,44)(H,38,45)/t30-/m1/s1. The maximum Gasteiger partial charge on any atom is 0.417 e. The molecule has 1 atom stereocenters. The third kappa shape index (κ3) is 6.93. The number of piperazine rings is 1. The summed E-state index contributed by atoms with van der Waals surface area (Å²) in [6, 6.07) is 11.9. The number of amides is 4. The molecule has 256 valence electrons. The predicted octanol–water partition coefficient (Wildman–Crippen LogP) is 2.93. The lowest BCUT2D eigenvalue weighted by Gasteiger charge is -2.41. The molecule has 7 rings (SSSR count). The van der Waals surface area contributed by atoms with Gasteiger partial charge in [0.15, 0.2) is 11.7 Å². The average molecular weight is 660 g/mol. The number of para-hydroxylation sites is 1. The normalized spacial score (nSPS) is 20.7. The number of piperidine rings is 2. The highest BCUT2D eigenvalue weighted by molar-refractivity contribution is 5.91. The lowest BCUT2D eigenvalue weighted by Crippen LogP contribution is -2.56. The molecule has 4 aliphatic rings. The second-order valence-corrected chi connectivity index (χ2v) is 13.5. The number of fused-ring (bicyclic) bond motifs is 2. The van der Waals surface area contributed by atoms with Gasteiger partial charge < -0.3 is 34.5 Å². The van der Waals surface area contributed by atoms with Crippen molar-refractivity contribution in [3.8, 4) is 0 Å². The number of aromatic nitrogens is 1. The van der Waals surface area contributed by atoms with Crippen LogP contribution in [0.3, 0.4) is 0 Å². The fourth-order valence-corrected chi connectivity index (χ4v) is 7.78. The molecule has 13 heteroatoms. The molecular weight excluding hydrogens is 614 g/mol. The quantitative estimate of drug-likeness (QED) is 0.367. The zero-order valence-electron chi connectivity index (χ0n) is 27.5. The number of oxazole rings is 1. The summed E-state index contributed by atoms with van der Waals surface area (Å²) < 4.78 is 11.4. The smallest absolute Gasteiger partial charge is 0.417 e. The molecule has 13 nitrogen and oxygen atoms in total. The number of anilines is 1. The van der Waals surface area contributed by atoms with Crippen LogP contribution in [0.1, 0.15) is 42.4 Å². The van der Waals surface area contributed by atoms with Gasteiger partial charge in [-0.15, -0.1) is 0 Å². The van der Waals surface area contributed by atoms with Crippen LogP contribution in [0.25, 0.3) is 11.1 Å².